The lowest BCUT2D eigenvalue weighted by Crippen LogP contribution is -2.49. The quantitative estimate of drug-likeness (QED) is 0.0703. The van der Waals surface area contributed by atoms with Gasteiger partial charge >= 0.3 is 17.9 Å². The number of nitrogens with two attached hydrogens (primary N) is 1. The number of aliphatic hydroxyl groups is 2. The van der Waals surface area contributed by atoms with Crippen LogP contribution >= 0.6 is 35.3 Å². The number of aliphatic hydroxyl groups excluding tert-OH is 2. The van der Waals surface area contributed by atoms with Crippen LogP contribution in [0.25, 0.3) is 0 Å². The average molecular weight is 846 g/mol. The predicted molar refractivity (Wildman–Crippen MR) is 236 cm³/mol. The first-order valence-corrected chi connectivity index (χ1v) is 22.6. The molecule has 0 unspecified atom stereocenters. The van der Waals surface area contributed by atoms with Crippen molar-refractivity contribution in [2.24, 2.45) is 5.73 Å². The van der Waals surface area contributed by atoms with Gasteiger partial charge in [0.25, 0.3) is 0 Å². The van der Waals surface area contributed by atoms with E-state index in [1.54, 1.807) is 12.5 Å². The van der Waals surface area contributed by atoms with E-state index in [-0.39, 0.29) is 29.3 Å². The first-order valence-electron chi connectivity index (χ1n) is 19.5. The minimum absolute atomic E-state index is 0.0902. The van der Waals surface area contributed by atoms with Crippen LogP contribution in [0, 0.1) is 0 Å². The average Bonchev–Trinajstić information content (AvgIpc) is 3.24. The second-order valence-corrected chi connectivity index (χ2v) is 18.2. The molecule has 1 heterocycles. The highest BCUT2D eigenvalue weighted by atomic mass is 32.3. The number of likely N-dealkylation sites (tertiary alicyclic amines) is 1. The summed E-state index contributed by atoms with van der Waals surface area (Å²) in [5, 5.41) is 47.5. The number of nitrogens with one attached hydrogen (secondary N) is 1. The van der Waals surface area contributed by atoms with Crippen molar-refractivity contribution < 1.29 is 39.9 Å². The number of nitrogens with zero attached hydrogens (tertiary/aromatic N) is 1. The van der Waals surface area contributed by atoms with E-state index in [1.807, 2.05) is 74.6 Å². The number of carboxylic acid groups (broad SMARTS) is 3. The summed E-state index contributed by atoms with van der Waals surface area (Å²) in [7, 11) is 1.84. The lowest BCUT2D eigenvalue weighted by molar-refractivity contribution is -0.134. The maximum absolute atomic E-state index is 10.3. The molecule has 0 spiro atoms. The monoisotopic (exact) mass is 845 g/mol. The Bertz CT molecular complexity index is 1490. The fourth-order valence-corrected chi connectivity index (χ4v) is 9.82. The maximum atomic E-state index is 10.3. The molecule has 1 saturated heterocycles. The number of aliphatic carboxylic acids is 3. The molecule has 2 aliphatic rings. The molecule has 5 rings (SSSR count). The Balaban J connectivity index is 0.000000268. The van der Waals surface area contributed by atoms with Crippen molar-refractivity contribution in [1.82, 2.24) is 10.2 Å². The molecule has 3 aromatic carbocycles. The third kappa shape index (κ3) is 19.5. The van der Waals surface area contributed by atoms with Gasteiger partial charge < -0.3 is 36.6 Å². The number of benzene rings is 3. The lowest BCUT2D eigenvalue weighted by atomic mass is 9.74. The molecular weight excluding hydrogens is 783 g/mol. The van der Waals surface area contributed by atoms with Crippen molar-refractivity contribution in [3.63, 3.8) is 0 Å². The van der Waals surface area contributed by atoms with Crippen molar-refractivity contribution in [3.05, 3.63) is 108 Å². The number of carbonyl (C=O) groups is 3. The Morgan fingerprint density at radius 2 is 1.04 bits per heavy atom. The van der Waals surface area contributed by atoms with E-state index in [9.17, 15) is 24.6 Å². The van der Waals surface area contributed by atoms with Gasteiger partial charge in [0.15, 0.2) is 0 Å². The lowest BCUT2D eigenvalue weighted by Gasteiger charge is -2.48. The summed E-state index contributed by atoms with van der Waals surface area (Å²) in [6, 6.07) is 30.3. The molecule has 11 nitrogen and oxygen atoms in total. The van der Waals surface area contributed by atoms with Gasteiger partial charge in [-0.25, -0.2) is 0 Å². The molecule has 0 amide bonds. The zero-order chi connectivity index (χ0) is 42.1. The Labute approximate surface area is 351 Å². The summed E-state index contributed by atoms with van der Waals surface area (Å²) in [5.74, 6) is -3.57. The number of hydrogen-bond acceptors (Lipinski definition) is 11. The minimum Gasteiger partial charge on any atom is -0.481 e. The third-order valence-corrected chi connectivity index (χ3v) is 14.2. The molecule has 3 aromatic rings. The number of hydrogen-bond donors (Lipinski definition) is 7. The first-order chi connectivity index (χ1) is 27.3. The van der Waals surface area contributed by atoms with Crippen molar-refractivity contribution in [2.75, 3.05) is 37.4 Å². The molecule has 14 heteroatoms. The summed E-state index contributed by atoms with van der Waals surface area (Å²) < 4.78 is -0.400. The van der Waals surface area contributed by atoms with Gasteiger partial charge in [0.05, 0.1) is 33.4 Å². The van der Waals surface area contributed by atoms with E-state index in [0.717, 1.165) is 46.4 Å². The minimum atomic E-state index is -1.01. The number of thioether (sulfide) groups is 3. The van der Waals surface area contributed by atoms with Crippen LogP contribution in [-0.4, -0.2) is 102 Å². The SMILES string of the molecule is CN[C@@H](C)[C@@H](O)c1ccccc1.C[C@@H](N)[C@@H](O)c1ccccc1.O=C(O)CSC(SCC(=O)O)SCC(=O)O.c1ccc(C2(N3CCCCC3)CCCCC2)cc1. The zero-order valence-electron chi connectivity index (χ0n) is 33.4. The fraction of sp³-hybridized carbons (Fsp3) is 0.512. The van der Waals surface area contributed by atoms with Gasteiger partial charge in [-0.15, -0.1) is 35.3 Å². The summed E-state index contributed by atoms with van der Waals surface area (Å²) in [6.07, 6.45) is 10.3. The molecule has 0 bridgehead atoms. The van der Waals surface area contributed by atoms with E-state index in [1.165, 1.54) is 64.5 Å². The topological polar surface area (TPSA) is 194 Å². The molecule has 1 aliphatic carbocycles. The standard InChI is InChI=1S/C17H25N.C10H15NO.C9H13NO.C7H10O6S3/c1-4-10-16(11-5-1)17(12-6-2-7-13-17)18-14-8-3-9-15-18;1-8(11-2)10(12)9-6-4-3-5-7-9;1-7(10)9(11)8-5-3-2-4-6-8;8-4(9)1-14-7(15-2-5(10)11)16-3-6(12)13/h1,4-5,10-11H,2-3,6-9,12-15H2;3-8,10-12H,1-2H3;2-7,9,11H,10H2,1H3;7H,1-3H2,(H,8,9)(H,10,11)(H,12,13)/t;8-,10+;7-,9-;/m.01./s1. The van der Waals surface area contributed by atoms with E-state index in [4.69, 9.17) is 21.1 Å². The highest BCUT2D eigenvalue weighted by Gasteiger charge is 2.39. The van der Waals surface area contributed by atoms with Gasteiger partial charge in [0.1, 0.15) is 0 Å². The van der Waals surface area contributed by atoms with Gasteiger partial charge in [-0.05, 0) is 76.4 Å². The van der Waals surface area contributed by atoms with E-state index < -0.39 is 34.0 Å². The zero-order valence-corrected chi connectivity index (χ0v) is 35.9. The number of rotatable bonds is 16. The van der Waals surface area contributed by atoms with Gasteiger partial charge in [-0.1, -0.05) is 117 Å². The van der Waals surface area contributed by atoms with Crippen molar-refractivity contribution >= 4 is 53.2 Å². The van der Waals surface area contributed by atoms with Crippen LogP contribution in [0.2, 0.25) is 0 Å². The Morgan fingerprint density at radius 3 is 1.42 bits per heavy atom. The predicted octanol–water partition coefficient (Wildman–Crippen LogP) is 7.45. The van der Waals surface area contributed by atoms with E-state index >= 15 is 0 Å². The molecule has 8 N–H and O–H groups in total. The maximum Gasteiger partial charge on any atom is 0.313 e. The van der Waals surface area contributed by atoms with Crippen LogP contribution in [-0.2, 0) is 19.9 Å². The highest BCUT2D eigenvalue weighted by molar-refractivity contribution is 8.32. The Kier molecular flexibility index (Phi) is 24.9. The largest absolute Gasteiger partial charge is 0.481 e. The Morgan fingerprint density at radius 1 is 0.649 bits per heavy atom. The third-order valence-electron chi connectivity index (χ3n) is 9.69. The molecule has 316 valence electrons. The Hall–Kier alpha value is -3.08. The second-order valence-electron chi connectivity index (χ2n) is 14.1. The number of likely N-dealkylation sites (N-methyl/N-ethyl adjacent to an activating group) is 1. The van der Waals surface area contributed by atoms with Gasteiger partial charge in [-0.2, -0.15) is 0 Å². The summed E-state index contributed by atoms with van der Waals surface area (Å²) in [6.45, 7) is 6.37. The molecule has 4 atom stereocenters. The molecule has 57 heavy (non-hydrogen) atoms. The van der Waals surface area contributed by atoms with Crippen molar-refractivity contribution in [1.29, 1.82) is 0 Å². The van der Waals surface area contributed by atoms with Crippen LogP contribution in [0.4, 0.5) is 0 Å². The molecule has 2 fully saturated rings. The molecule has 1 aliphatic heterocycles. The molecule has 0 aromatic heterocycles. The number of piperidine rings is 1. The van der Waals surface area contributed by atoms with Gasteiger partial charge in [-0.3, -0.25) is 19.3 Å². The van der Waals surface area contributed by atoms with E-state index in [2.05, 4.69) is 40.5 Å². The molecular formula is C43H63N3O8S3. The van der Waals surface area contributed by atoms with Gasteiger partial charge in [0.2, 0.25) is 0 Å². The second kappa shape index (κ2) is 28.4. The van der Waals surface area contributed by atoms with Crippen LogP contribution in [0.5, 0.6) is 0 Å². The molecule has 1 saturated carbocycles. The molecule has 0 radical (unpaired) electrons. The van der Waals surface area contributed by atoms with Crippen molar-refractivity contribution in [2.45, 2.75) is 99.0 Å². The fourth-order valence-electron chi connectivity index (χ4n) is 6.61. The smallest absolute Gasteiger partial charge is 0.313 e. The van der Waals surface area contributed by atoms with Crippen molar-refractivity contribution in [3.8, 4) is 0 Å². The summed E-state index contributed by atoms with van der Waals surface area (Å²) in [5.41, 5.74) is 9.30. The first kappa shape index (κ1) is 50.1. The summed E-state index contributed by atoms with van der Waals surface area (Å²) in [4.78, 5) is 33.7. The summed E-state index contributed by atoms with van der Waals surface area (Å²) >= 11 is 3.04. The highest BCUT2D eigenvalue weighted by Crippen LogP contribution is 2.43. The normalized spacial score (nSPS) is 17.1. The van der Waals surface area contributed by atoms with Crippen LogP contribution in [0.3, 0.4) is 0 Å². The van der Waals surface area contributed by atoms with Crippen LogP contribution in [0.1, 0.15) is 94.1 Å². The van der Waals surface area contributed by atoms with Crippen LogP contribution in [0.15, 0.2) is 91.0 Å². The van der Waals surface area contributed by atoms with Gasteiger partial charge in [0, 0.05) is 17.6 Å². The van der Waals surface area contributed by atoms with E-state index in [0.29, 0.717) is 5.54 Å². The number of carboxylic acids is 3. The van der Waals surface area contributed by atoms with Crippen LogP contribution < -0.4 is 11.1 Å².